The molecule has 2 heterocycles. The first-order valence-corrected chi connectivity index (χ1v) is 7.41. The molecule has 5 heteroatoms. The van der Waals surface area contributed by atoms with E-state index >= 15 is 0 Å². The standard InChI is InChI=1S/C14H29N3.2ClH/c1-13(2)14-3-7-16(8-4-14)11-12-17-9-5-15-6-10-17;;/h13-15H,3-12H2,1-2H3;2*1H. The van der Waals surface area contributed by atoms with Gasteiger partial charge in [0.05, 0.1) is 0 Å². The molecule has 2 fully saturated rings. The Hall–Kier alpha value is 0.460. The van der Waals surface area contributed by atoms with Crippen LogP contribution < -0.4 is 5.32 Å². The lowest BCUT2D eigenvalue weighted by Crippen LogP contribution is -2.47. The summed E-state index contributed by atoms with van der Waals surface area (Å²) in [6.45, 7) is 14.8. The zero-order valence-corrected chi connectivity index (χ0v) is 14.1. The fraction of sp³-hybridized carbons (Fsp3) is 1.00. The zero-order chi connectivity index (χ0) is 12.1. The molecule has 0 amide bonds. The quantitative estimate of drug-likeness (QED) is 0.858. The molecule has 0 aromatic carbocycles. The van der Waals surface area contributed by atoms with Crippen LogP contribution >= 0.6 is 24.8 Å². The molecule has 2 aliphatic heterocycles. The Balaban J connectivity index is 0.00000162. The molecule has 0 spiro atoms. The van der Waals surface area contributed by atoms with Crippen molar-refractivity contribution in [3.05, 3.63) is 0 Å². The molecule has 0 radical (unpaired) electrons. The molecule has 19 heavy (non-hydrogen) atoms. The molecular formula is C14H31Cl2N3. The number of likely N-dealkylation sites (tertiary alicyclic amines) is 1. The second-order valence-electron chi connectivity index (χ2n) is 6.01. The van der Waals surface area contributed by atoms with Gasteiger partial charge in [0.1, 0.15) is 0 Å². The number of rotatable bonds is 4. The minimum atomic E-state index is 0. The van der Waals surface area contributed by atoms with Crippen molar-refractivity contribution in [2.45, 2.75) is 26.7 Å². The second kappa shape index (κ2) is 10.2. The second-order valence-corrected chi connectivity index (χ2v) is 6.01. The summed E-state index contributed by atoms with van der Waals surface area (Å²) in [5.74, 6) is 1.86. The number of nitrogens with one attached hydrogen (secondary N) is 1. The number of piperazine rings is 1. The van der Waals surface area contributed by atoms with Crippen LogP contribution in [0.3, 0.4) is 0 Å². The third-order valence-corrected chi connectivity index (χ3v) is 4.52. The normalized spacial score (nSPS) is 22.9. The van der Waals surface area contributed by atoms with Gasteiger partial charge in [-0.3, -0.25) is 4.90 Å². The minimum Gasteiger partial charge on any atom is -0.314 e. The predicted molar refractivity (Wildman–Crippen MR) is 87.8 cm³/mol. The van der Waals surface area contributed by atoms with Crippen molar-refractivity contribution in [1.82, 2.24) is 15.1 Å². The van der Waals surface area contributed by atoms with Crippen LogP contribution in [0.25, 0.3) is 0 Å². The number of halogens is 2. The maximum Gasteiger partial charge on any atom is 0.0110 e. The molecule has 3 nitrogen and oxygen atoms in total. The summed E-state index contributed by atoms with van der Waals surface area (Å²) in [6, 6.07) is 0. The Morgan fingerprint density at radius 3 is 1.84 bits per heavy atom. The molecule has 0 aromatic rings. The van der Waals surface area contributed by atoms with Gasteiger partial charge in [0, 0.05) is 39.3 Å². The van der Waals surface area contributed by atoms with E-state index in [2.05, 4.69) is 29.0 Å². The molecular weight excluding hydrogens is 281 g/mol. The summed E-state index contributed by atoms with van der Waals surface area (Å²) in [5.41, 5.74) is 0. The first kappa shape index (κ1) is 19.5. The summed E-state index contributed by atoms with van der Waals surface area (Å²) in [6.07, 6.45) is 2.83. The Labute approximate surface area is 131 Å². The van der Waals surface area contributed by atoms with Crippen LogP contribution in [0.2, 0.25) is 0 Å². The van der Waals surface area contributed by atoms with Gasteiger partial charge in [-0.15, -0.1) is 24.8 Å². The van der Waals surface area contributed by atoms with E-state index in [0.29, 0.717) is 0 Å². The van der Waals surface area contributed by atoms with Gasteiger partial charge >= 0.3 is 0 Å². The van der Waals surface area contributed by atoms with Gasteiger partial charge in [0.25, 0.3) is 0 Å². The molecule has 2 saturated heterocycles. The van der Waals surface area contributed by atoms with E-state index in [1.165, 1.54) is 65.2 Å². The Morgan fingerprint density at radius 1 is 0.895 bits per heavy atom. The van der Waals surface area contributed by atoms with Crippen LogP contribution in [-0.2, 0) is 0 Å². The molecule has 0 saturated carbocycles. The Morgan fingerprint density at radius 2 is 1.37 bits per heavy atom. The average molecular weight is 312 g/mol. The maximum absolute atomic E-state index is 3.42. The van der Waals surface area contributed by atoms with E-state index in [1.54, 1.807) is 0 Å². The highest BCUT2D eigenvalue weighted by atomic mass is 35.5. The van der Waals surface area contributed by atoms with E-state index in [-0.39, 0.29) is 24.8 Å². The molecule has 2 rings (SSSR count). The van der Waals surface area contributed by atoms with E-state index < -0.39 is 0 Å². The highest BCUT2D eigenvalue weighted by molar-refractivity contribution is 5.85. The van der Waals surface area contributed by atoms with Crippen LogP contribution in [0.15, 0.2) is 0 Å². The van der Waals surface area contributed by atoms with Crippen LogP contribution in [0, 0.1) is 11.8 Å². The lowest BCUT2D eigenvalue weighted by atomic mass is 9.87. The van der Waals surface area contributed by atoms with Crippen molar-refractivity contribution in [3.8, 4) is 0 Å². The number of hydrogen-bond acceptors (Lipinski definition) is 3. The minimum absolute atomic E-state index is 0. The molecule has 116 valence electrons. The Bertz CT molecular complexity index is 213. The van der Waals surface area contributed by atoms with E-state index in [1.807, 2.05) is 0 Å². The van der Waals surface area contributed by atoms with E-state index in [9.17, 15) is 0 Å². The first-order chi connectivity index (χ1) is 8.25. The smallest absolute Gasteiger partial charge is 0.0110 e. The topological polar surface area (TPSA) is 18.5 Å². The van der Waals surface area contributed by atoms with Crippen molar-refractivity contribution in [3.63, 3.8) is 0 Å². The summed E-state index contributed by atoms with van der Waals surface area (Å²) >= 11 is 0. The van der Waals surface area contributed by atoms with Gasteiger partial charge in [0.15, 0.2) is 0 Å². The van der Waals surface area contributed by atoms with Gasteiger partial charge in [-0.05, 0) is 37.8 Å². The fourth-order valence-electron chi connectivity index (χ4n) is 3.06. The summed E-state index contributed by atoms with van der Waals surface area (Å²) in [7, 11) is 0. The van der Waals surface area contributed by atoms with Crippen molar-refractivity contribution in [1.29, 1.82) is 0 Å². The molecule has 1 N–H and O–H groups in total. The van der Waals surface area contributed by atoms with Crippen LogP contribution in [0.1, 0.15) is 26.7 Å². The first-order valence-electron chi connectivity index (χ1n) is 7.41. The lowest BCUT2D eigenvalue weighted by molar-refractivity contribution is 0.133. The summed E-state index contributed by atoms with van der Waals surface area (Å²) in [4.78, 5) is 5.27. The van der Waals surface area contributed by atoms with Crippen molar-refractivity contribution >= 4 is 24.8 Å². The maximum atomic E-state index is 3.42. The highest BCUT2D eigenvalue weighted by Crippen LogP contribution is 2.24. The SMILES string of the molecule is CC(C)C1CCN(CCN2CCNCC2)CC1.Cl.Cl. The number of piperidine rings is 1. The third kappa shape index (κ3) is 6.63. The fourth-order valence-corrected chi connectivity index (χ4v) is 3.06. The lowest BCUT2D eigenvalue weighted by Gasteiger charge is -2.35. The van der Waals surface area contributed by atoms with Gasteiger partial charge in [-0.1, -0.05) is 13.8 Å². The average Bonchev–Trinajstić information content (AvgIpc) is 2.38. The molecule has 2 aliphatic rings. The summed E-state index contributed by atoms with van der Waals surface area (Å²) < 4.78 is 0. The van der Waals surface area contributed by atoms with Crippen molar-refractivity contribution < 1.29 is 0 Å². The van der Waals surface area contributed by atoms with E-state index in [0.717, 1.165) is 11.8 Å². The molecule has 0 unspecified atom stereocenters. The molecule has 0 aromatic heterocycles. The van der Waals surface area contributed by atoms with Gasteiger partial charge in [-0.2, -0.15) is 0 Å². The van der Waals surface area contributed by atoms with Crippen LogP contribution in [0.4, 0.5) is 0 Å². The molecule has 0 aliphatic carbocycles. The monoisotopic (exact) mass is 311 g/mol. The third-order valence-electron chi connectivity index (χ3n) is 4.52. The van der Waals surface area contributed by atoms with Gasteiger partial charge in [0.2, 0.25) is 0 Å². The van der Waals surface area contributed by atoms with Gasteiger partial charge in [-0.25, -0.2) is 0 Å². The largest absolute Gasteiger partial charge is 0.314 e. The molecule has 0 atom stereocenters. The zero-order valence-electron chi connectivity index (χ0n) is 12.4. The molecule has 0 bridgehead atoms. The summed E-state index contributed by atoms with van der Waals surface area (Å²) in [5, 5.41) is 3.42. The van der Waals surface area contributed by atoms with E-state index in [4.69, 9.17) is 0 Å². The van der Waals surface area contributed by atoms with Crippen molar-refractivity contribution in [2.24, 2.45) is 11.8 Å². The number of nitrogens with zero attached hydrogens (tertiary/aromatic N) is 2. The predicted octanol–water partition coefficient (Wildman–Crippen LogP) is 2.10. The van der Waals surface area contributed by atoms with Crippen LogP contribution in [-0.4, -0.2) is 62.2 Å². The van der Waals surface area contributed by atoms with Crippen molar-refractivity contribution in [2.75, 3.05) is 52.4 Å². The highest BCUT2D eigenvalue weighted by Gasteiger charge is 2.21. The number of hydrogen-bond donors (Lipinski definition) is 1. The van der Waals surface area contributed by atoms with Gasteiger partial charge < -0.3 is 10.2 Å². The van der Waals surface area contributed by atoms with Crippen LogP contribution in [0.5, 0.6) is 0 Å². The Kier molecular flexibility index (Phi) is 10.5.